The van der Waals surface area contributed by atoms with Crippen molar-refractivity contribution in [1.82, 2.24) is 0 Å². The van der Waals surface area contributed by atoms with E-state index in [1.807, 2.05) is 61.4 Å². The molecule has 0 radical (unpaired) electrons. The van der Waals surface area contributed by atoms with Crippen LogP contribution >= 0.6 is 0 Å². The summed E-state index contributed by atoms with van der Waals surface area (Å²) in [6.07, 6.45) is -0.289. The Kier molecular flexibility index (Phi) is 14.1. The summed E-state index contributed by atoms with van der Waals surface area (Å²) in [7, 11) is 3.18. The fourth-order valence-electron chi connectivity index (χ4n) is 6.91. The van der Waals surface area contributed by atoms with Crippen LogP contribution in [-0.2, 0) is 40.6 Å². The molecule has 0 amide bonds. The molecule has 4 aromatic rings. The topological polar surface area (TPSA) is 105 Å². The summed E-state index contributed by atoms with van der Waals surface area (Å²) in [5.41, 5.74) is 3.26. The summed E-state index contributed by atoms with van der Waals surface area (Å²) in [5, 5.41) is 13.8. The van der Waals surface area contributed by atoms with Crippen molar-refractivity contribution in [3.05, 3.63) is 124 Å². The second-order valence-electron chi connectivity index (χ2n) is 15.7. The van der Waals surface area contributed by atoms with Gasteiger partial charge in [-0.1, -0.05) is 89.2 Å². The highest BCUT2D eigenvalue weighted by molar-refractivity contribution is 5.61. The molecule has 6 rings (SSSR count). The van der Waals surface area contributed by atoms with Gasteiger partial charge < -0.3 is 48.0 Å². The summed E-state index contributed by atoms with van der Waals surface area (Å²) in [4.78, 5) is 10.3. The molecule has 0 aromatic heterocycles. The lowest BCUT2D eigenvalue weighted by molar-refractivity contribution is -0.226. The third-order valence-corrected chi connectivity index (χ3v) is 9.72. The van der Waals surface area contributed by atoms with Crippen LogP contribution in [-0.4, -0.2) is 65.9 Å². The number of ether oxygens (including phenoxy) is 7. The Balaban J connectivity index is 0.00000285. The van der Waals surface area contributed by atoms with E-state index < -0.39 is 18.2 Å². The van der Waals surface area contributed by atoms with E-state index in [9.17, 15) is 5.11 Å². The molecular weight excluding hydrogens is 698 g/mol. The van der Waals surface area contributed by atoms with Gasteiger partial charge in [-0.2, -0.15) is 0 Å². The Morgan fingerprint density at radius 2 is 1.29 bits per heavy atom. The highest BCUT2D eigenvalue weighted by Crippen LogP contribution is 2.48. The molecule has 1 unspecified atom stereocenters. The maximum absolute atomic E-state index is 13.8. The fourth-order valence-corrected chi connectivity index (χ4v) is 6.91. The van der Waals surface area contributed by atoms with Gasteiger partial charge in [0.2, 0.25) is 0 Å². The highest BCUT2D eigenvalue weighted by atomic mass is 16.7. The van der Waals surface area contributed by atoms with Crippen LogP contribution in [0.4, 0.5) is 5.69 Å². The molecule has 0 spiro atoms. The van der Waals surface area contributed by atoms with Crippen molar-refractivity contribution >= 4 is 12.5 Å². The zero-order valence-corrected chi connectivity index (χ0v) is 33.3. The summed E-state index contributed by atoms with van der Waals surface area (Å²) in [6, 6.07) is 29.9. The molecule has 0 bridgehead atoms. The first-order valence-electron chi connectivity index (χ1n) is 18.8. The van der Waals surface area contributed by atoms with Crippen molar-refractivity contribution in [3.8, 4) is 11.5 Å². The molecule has 2 heterocycles. The largest absolute Gasteiger partial charge is 0.496 e. The second-order valence-corrected chi connectivity index (χ2v) is 15.7. The number of hydrogen-bond donors (Lipinski definition) is 1. The van der Waals surface area contributed by atoms with Crippen molar-refractivity contribution in [1.29, 1.82) is 0 Å². The van der Waals surface area contributed by atoms with Crippen LogP contribution in [0.25, 0.3) is 0 Å². The van der Waals surface area contributed by atoms with Gasteiger partial charge in [-0.25, -0.2) is 0 Å². The average Bonchev–Trinajstić information content (AvgIpc) is 3.20. The molecule has 1 atom stereocenters. The number of hydrogen-bond acceptors (Lipinski definition) is 10. The summed E-state index contributed by atoms with van der Waals surface area (Å²) in [5.74, 6) is 0.927. The van der Waals surface area contributed by atoms with Crippen LogP contribution in [0.3, 0.4) is 0 Å². The zero-order chi connectivity index (χ0) is 39.6. The van der Waals surface area contributed by atoms with E-state index in [0.717, 1.165) is 29.8 Å². The van der Waals surface area contributed by atoms with Gasteiger partial charge in [-0.3, -0.25) is 0 Å². The van der Waals surface area contributed by atoms with Crippen LogP contribution in [0.2, 0.25) is 0 Å². The molecule has 55 heavy (non-hydrogen) atoms. The number of benzene rings is 4. The number of aliphatic hydroxyl groups is 1. The third-order valence-electron chi connectivity index (χ3n) is 9.72. The predicted molar refractivity (Wildman–Crippen MR) is 212 cm³/mol. The van der Waals surface area contributed by atoms with Crippen molar-refractivity contribution in [2.45, 2.75) is 65.8 Å². The van der Waals surface area contributed by atoms with Gasteiger partial charge in [0.15, 0.2) is 19.4 Å². The van der Waals surface area contributed by atoms with E-state index >= 15 is 0 Å². The quantitative estimate of drug-likeness (QED) is 0.0998. The lowest BCUT2D eigenvalue weighted by Gasteiger charge is -2.37. The molecule has 0 aliphatic carbocycles. The lowest BCUT2D eigenvalue weighted by atomic mass is 9.78. The van der Waals surface area contributed by atoms with E-state index in [4.69, 9.17) is 38.0 Å². The molecule has 2 aliphatic rings. The Bertz CT molecular complexity index is 1810. The normalized spacial score (nSPS) is 18.0. The number of rotatable bonds is 14. The Morgan fingerprint density at radius 1 is 0.745 bits per heavy atom. The first-order valence-corrected chi connectivity index (χ1v) is 18.8. The molecule has 296 valence electrons. The molecule has 1 N–H and O–H groups in total. The minimum Gasteiger partial charge on any atom is -0.496 e. The molecule has 0 saturated carbocycles. The van der Waals surface area contributed by atoms with Gasteiger partial charge in [-0.15, -0.1) is 0 Å². The zero-order valence-electron chi connectivity index (χ0n) is 33.3. The molecule has 10 nitrogen and oxygen atoms in total. The van der Waals surface area contributed by atoms with Crippen molar-refractivity contribution in [2.24, 2.45) is 10.8 Å². The minimum atomic E-state index is -1.82. The van der Waals surface area contributed by atoms with Crippen LogP contribution in [0.1, 0.15) is 87.0 Å². The number of methoxy groups -OCH3 is 2. The smallest absolute Gasteiger partial charge is 0.188 e. The van der Waals surface area contributed by atoms with Gasteiger partial charge >= 0.3 is 0 Å². The van der Waals surface area contributed by atoms with Gasteiger partial charge in [0, 0.05) is 59.0 Å². The summed E-state index contributed by atoms with van der Waals surface area (Å²) >= 11 is 0. The number of carbonyl (C=O) groups is 1. The van der Waals surface area contributed by atoms with Crippen molar-refractivity contribution in [2.75, 3.05) is 58.9 Å². The van der Waals surface area contributed by atoms with E-state index in [0.29, 0.717) is 61.2 Å². The first kappa shape index (κ1) is 41.9. The summed E-state index contributed by atoms with van der Waals surface area (Å²) < 4.78 is 42.6. The van der Waals surface area contributed by atoms with Crippen LogP contribution < -0.4 is 14.4 Å². The maximum atomic E-state index is 13.8. The minimum absolute atomic E-state index is 0.0227. The van der Waals surface area contributed by atoms with Gasteiger partial charge in [-0.05, 0) is 53.9 Å². The predicted octanol–water partition coefficient (Wildman–Crippen LogP) is 8.34. The highest BCUT2D eigenvalue weighted by Gasteiger charge is 2.42. The lowest BCUT2D eigenvalue weighted by Crippen LogP contribution is -2.35. The standard InChI is InChI=1S/C44H55NO8.CH2O/c1-8-21-45(25-31-13-10-9-11-14-31)35-16-12-15-34(24-35)44(46,36-22-32(17-19-38(36)48-7)40-49-26-42(2,3)27-50-40)37-23-33(18-20-39(37)53-30-47-6)41-51-28-43(4,5)29-52-41;1-2/h9-20,22-24,40-41,46H,8,21,25-30H2,1-7H3;1H2. The third kappa shape index (κ3) is 9.94. The summed E-state index contributed by atoms with van der Waals surface area (Å²) in [6.45, 7) is 16.3. The van der Waals surface area contributed by atoms with Crippen LogP contribution in [0.5, 0.6) is 11.5 Å². The average molecular weight is 756 g/mol. The van der Waals surface area contributed by atoms with E-state index in [1.54, 1.807) is 14.2 Å². The monoisotopic (exact) mass is 755 g/mol. The van der Waals surface area contributed by atoms with Crippen molar-refractivity contribution < 1.29 is 43.1 Å². The fraction of sp³-hybridized carbons (Fsp3) is 0.444. The molecule has 4 aromatic carbocycles. The molecule has 2 fully saturated rings. The first-order chi connectivity index (χ1) is 26.5. The van der Waals surface area contributed by atoms with Gasteiger partial charge in [0.05, 0.1) is 33.5 Å². The van der Waals surface area contributed by atoms with E-state index in [2.05, 4.69) is 75.9 Å². The molecule has 2 saturated heterocycles. The van der Waals surface area contributed by atoms with Crippen molar-refractivity contribution in [3.63, 3.8) is 0 Å². The SMILES string of the molecule is C=O.CCCN(Cc1ccccc1)c1cccc(C(O)(c2cc(C3OCC(C)(C)CO3)ccc2OC)c2cc(C3OCC(C)(C)CO3)ccc2OCOC)c1. The Hall–Kier alpha value is -4.29. The molecular formula is C45H57NO9. The van der Waals surface area contributed by atoms with E-state index in [-0.39, 0.29) is 17.6 Å². The van der Waals surface area contributed by atoms with Gasteiger partial charge in [0.25, 0.3) is 0 Å². The number of carbonyl (C=O) groups excluding carboxylic acids is 1. The maximum Gasteiger partial charge on any atom is 0.188 e. The van der Waals surface area contributed by atoms with Crippen LogP contribution in [0, 0.1) is 10.8 Å². The molecule has 2 aliphatic heterocycles. The molecule has 10 heteroatoms. The Morgan fingerprint density at radius 3 is 1.82 bits per heavy atom. The Labute approximate surface area is 326 Å². The van der Waals surface area contributed by atoms with Gasteiger partial charge in [0.1, 0.15) is 23.9 Å². The van der Waals surface area contributed by atoms with E-state index in [1.165, 1.54) is 5.56 Å². The van der Waals surface area contributed by atoms with Crippen LogP contribution in [0.15, 0.2) is 91.0 Å². The second kappa shape index (κ2) is 18.6. The number of nitrogens with zero attached hydrogens (tertiary/aromatic N) is 1. The number of anilines is 1.